The number of aromatic nitrogens is 3. The van der Waals surface area contributed by atoms with Crippen LogP contribution in [-0.2, 0) is 24.1 Å². The fourth-order valence-corrected chi connectivity index (χ4v) is 3.11. The van der Waals surface area contributed by atoms with Gasteiger partial charge in [0.15, 0.2) is 10.6 Å². The van der Waals surface area contributed by atoms with Gasteiger partial charge in [0.25, 0.3) is 0 Å². The van der Waals surface area contributed by atoms with Gasteiger partial charge in [0.2, 0.25) is 5.91 Å². The SMILES string of the molecule is Cc1cccc(-c2n[nH]c(=S)n2CCC(=O)NCc2cccc(C(F)(F)F)c2)c1. The van der Waals surface area contributed by atoms with E-state index in [1.807, 2.05) is 31.2 Å². The molecule has 0 saturated carbocycles. The second-order valence-corrected chi connectivity index (χ2v) is 6.99. The quantitative estimate of drug-likeness (QED) is 0.571. The lowest BCUT2D eigenvalue weighted by Crippen LogP contribution is -2.24. The molecule has 0 saturated heterocycles. The molecule has 152 valence electrons. The highest BCUT2D eigenvalue weighted by Crippen LogP contribution is 2.29. The van der Waals surface area contributed by atoms with Crippen LogP contribution in [0.1, 0.15) is 23.1 Å². The van der Waals surface area contributed by atoms with Crippen molar-refractivity contribution in [1.82, 2.24) is 20.1 Å². The van der Waals surface area contributed by atoms with E-state index in [1.54, 1.807) is 4.57 Å². The molecule has 1 aromatic heterocycles. The lowest BCUT2D eigenvalue weighted by molar-refractivity contribution is -0.137. The highest BCUT2D eigenvalue weighted by Gasteiger charge is 2.30. The minimum absolute atomic E-state index is 0.0181. The Labute approximate surface area is 170 Å². The molecule has 0 fully saturated rings. The van der Waals surface area contributed by atoms with E-state index >= 15 is 0 Å². The van der Waals surface area contributed by atoms with Gasteiger partial charge in [-0.05, 0) is 42.9 Å². The Morgan fingerprint density at radius 1 is 1.21 bits per heavy atom. The van der Waals surface area contributed by atoms with Crippen LogP contribution in [-0.4, -0.2) is 20.7 Å². The summed E-state index contributed by atoms with van der Waals surface area (Å²) in [6, 6.07) is 12.6. The molecule has 2 aromatic carbocycles. The van der Waals surface area contributed by atoms with E-state index in [2.05, 4.69) is 15.5 Å². The predicted octanol–water partition coefficient (Wildman–Crippen LogP) is 4.64. The number of benzene rings is 2. The van der Waals surface area contributed by atoms with Crippen molar-refractivity contribution in [3.8, 4) is 11.4 Å². The Hall–Kier alpha value is -2.94. The Balaban J connectivity index is 1.62. The zero-order chi connectivity index (χ0) is 21.0. The van der Waals surface area contributed by atoms with Crippen molar-refractivity contribution >= 4 is 18.1 Å². The van der Waals surface area contributed by atoms with Crippen LogP contribution < -0.4 is 5.32 Å². The molecule has 0 atom stereocenters. The van der Waals surface area contributed by atoms with E-state index in [9.17, 15) is 18.0 Å². The first-order chi connectivity index (χ1) is 13.7. The molecule has 0 aliphatic heterocycles. The molecule has 0 spiro atoms. The predicted molar refractivity (Wildman–Crippen MR) is 105 cm³/mol. The fourth-order valence-electron chi connectivity index (χ4n) is 2.89. The zero-order valence-corrected chi connectivity index (χ0v) is 16.4. The van der Waals surface area contributed by atoms with E-state index in [4.69, 9.17) is 12.2 Å². The van der Waals surface area contributed by atoms with Crippen molar-refractivity contribution in [2.45, 2.75) is 32.6 Å². The van der Waals surface area contributed by atoms with Gasteiger partial charge in [0.1, 0.15) is 0 Å². The van der Waals surface area contributed by atoms with Crippen molar-refractivity contribution in [2.24, 2.45) is 0 Å². The number of aromatic amines is 1. The molecule has 0 radical (unpaired) electrons. The second-order valence-electron chi connectivity index (χ2n) is 6.60. The van der Waals surface area contributed by atoms with Crippen LogP contribution >= 0.6 is 12.2 Å². The molecule has 1 heterocycles. The number of nitrogens with one attached hydrogen (secondary N) is 2. The Bertz CT molecular complexity index is 1070. The molecule has 0 unspecified atom stereocenters. The van der Waals surface area contributed by atoms with Crippen LogP contribution in [0, 0.1) is 11.7 Å². The van der Waals surface area contributed by atoms with Gasteiger partial charge in [-0.25, -0.2) is 0 Å². The summed E-state index contributed by atoms with van der Waals surface area (Å²) in [5, 5.41) is 9.62. The summed E-state index contributed by atoms with van der Waals surface area (Å²) in [6.45, 7) is 2.29. The van der Waals surface area contributed by atoms with E-state index < -0.39 is 11.7 Å². The molecular formula is C20H19F3N4OS. The first kappa shape index (κ1) is 20.8. The van der Waals surface area contributed by atoms with Gasteiger partial charge >= 0.3 is 6.18 Å². The zero-order valence-electron chi connectivity index (χ0n) is 15.6. The smallest absolute Gasteiger partial charge is 0.352 e. The van der Waals surface area contributed by atoms with Crippen molar-refractivity contribution < 1.29 is 18.0 Å². The number of carbonyl (C=O) groups is 1. The van der Waals surface area contributed by atoms with E-state index in [0.29, 0.717) is 22.7 Å². The second kappa shape index (κ2) is 8.60. The first-order valence-electron chi connectivity index (χ1n) is 8.89. The topological polar surface area (TPSA) is 62.7 Å². The molecule has 9 heteroatoms. The number of halogens is 3. The van der Waals surface area contributed by atoms with Crippen molar-refractivity contribution in [2.75, 3.05) is 0 Å². The van der Waals surface area contributed by atoms with Gasteiger partial charge in [0.05, 0.1) is 5.56 Å². The molecule has 1 amide bonds. The van der Waals surface area contributed by atoms with Crippen LogP contribution in [0.25, 0.3) is 11.4 Å². The highest BCUT2D eigenvalue weighted by atomic mass is 32.1. The minimum atomic E-state index is -4.41. The molecule has 0 aliphatic carbocycles. The van der Waals surface area contributed by atoms with Crippen molar-refractivity contribution in [3.05, 3.63) is 70.0 Å². The summed E-state index contributed by atoms with van der Waals surface area (Å²) in [5.74, 6) is 0.338. The van der Waals surface area contributed by atoms with Crippen molar-refractivity contribution in [3.63, 3.8) is 0 Å². The molecule has 0 aliphatic rings. The third-order valence-electron chi connectivity index (χ3n) is 4.34. The Morgan fingerprint density at radius 2 is 1.97 bits per heavy atom. The average Bonchev–Trinajstić information content (AvgIpc) is 3.05. The summed E-state index contributed by atoms with van der Waals surface area (Å²) in [6.07, 6.45) is -4.30. The summed E-state index contributed by atoms with van der Waals surface area (Å²) in [4.78, 5) is 12.2. The number of amides is 1. The van der Waals surface area contributed by atoms with E-state index in [1.165, 1.54) is 12.1 Å². The van der Waals surface area contributed by atoms with E-state index in [0.717, 1.165) is 23.3 Å². The average molecular weight is 420 g/mol. The molecule has 2 N–H and O–H groups in total. The molecule has 0 bridgehead atoms. The standard InChI is InChI=1S/C20H19F3N4OS/c1-13-4-2-6-15(10-13)18-25-26-19(29)27(18)9-8-17(28)24-12-14-5-3-7-16(11-14)20(21,22)23/h2-7,10-11H,8-9,12H2,1H3,(H,24,28)(H,26,29). The largest absolute Gasteiger partial charge is 0.416 e. The maximum atomic E-state index is 12.8. The Morgan fingerprint density at radius 3 is 2.69 bits per heavy atom. The maximum Gasteiger partial charge on any atom is 0.416 e. The summed E-state index contributed by atoms with van der Waals surface area (Å²) >= 11 is 5.25. The van der Waals surface area contributed by atoms with Crippen molar-refractivity contribution in [1.29, 1.82) is 0 Å². The minimum Gasteiger partial charge on any atom is -0.352 e. The normalized spacial score (nSPS) is 11.4. The number of H-pyrrole nitrogens is 1. The number of aryl methyl sites for hydroxylation is 1. The number of nitrogens with zero attached hydrogens (tertiary/aromatic N) is 2. The molecular weight excluding hydrogens is 401 g/mol. The molecule has 3 rings (SSSR count). The van der Waals surface area contributed by atoms with Gasteiger partial charge < -0.3 is 5.32 Å². The van der Waals surface area contributed by atoms with Gasteiger partial charge in [-0.15, -0.1) is 0 Å². The lowest BCUT2D eigenvalue weighted by Gasteiger charge is -2.10. The molecule has 29 heavy (non-hydrogen) atoms. The summed E-state index contributed by atoms with van der Waals surface area (Å²) < 4.78 is 40.5. The summed E-state index contributed by atoms with van der Waals surface area (Å²) in [7, 11) is 0. The molecule has 3 aromatic rings. The number of hydrogen-bond donors (Lipinski definition) is 2. The van der Waals surface area contributed by atoms with Gasteiger partial charge in [0, 0.05) is 25.1 Å². The monoisotopic (exact) mass is 420 g/mol. The number of rotatable bonds is 6. The maximum absolute atomic E-state index is 12.8. The van der Waals surface area contributed by atoms with Gasteiger partial charge in [-0.3, -0.25) is 14.5 Å². The van der Waals surface area contributed by atoms with Gasteiger partial charge in [-0.1, -0.05) is 35.9 Å². The van der Waals surface area contributed by atoms with Crippen LogP contribution in [0.5, 0.6) is 0 Å². The third kappa shape index (κ3) is 5.32. The van der Waals surface area contributed by atoms with Crippen LogP contribution in [0.2, 0.25) is 0 Å². The number of hydrogen-bond acceptors (Lipinski definition) is 3. The van der Waals surface area contributed by atoms with E-state index in [-0.39, 0.29) is 18.9 Å². The van der Waals surface area contributed by atoms with Crippen LogP contribution in [0.4, 0.5) is 13.2 Å². The summed E-state index contributed by atoms with van der Waals surface area (Å²) in [5.41, 5.74) is 1.59. The van der Waals surface area contributed by atoms with Crippen LogP contribution in [0.3, 0.4) is 0 Å². The fraction of sp³-hybridized carbons (Fsp3) is 0.250. The molecule has 5 nitrogen and oxygen atoms in total. The Kier molecular flexibility index (Phi) is 6.17. The number of alkyl halides is 3. The van der Waals surface area contributed by atoms with Crippen LogP contribution in [0.15, 0.2) is 48.5 Å². The highest BCUT2D eigenvalue weighted by molar-refractivity contribution is 7.71. The van der Waals surface area contributed by atoms with Gasteiger partial charge in [-0.2, -0.15) is 18.3 Å². The third-order valence-corrected chi connectivity index (χ3v) is 4.65. The lowest BCUT2D eigenvalue weighted by atomic mass is 10.1. The first-order valence-corrected chi connectivity index (χ1v) is 9.30. The number of carbonyl (C=O) groups excluding carboxylic acids is 1.